The molecule has 0 amide bonds. The van der Waals surface area contributed by atoms with Crippen LogP contribution in [0.1, 0.15) is 25.8 Å². The van der Waals surface area contributed by atoms with Crippen LogP contribution in [0.2, 0.25) is 0 Å². The number of alkyl halides is 3. The fourth-order valence-electron chi connectivity index (χ4n) is 3.68. The second-order valence-corrected chi connectivity index (χ2v) is 8.06. The average Bonchev–Trinajstić information content (AvgIpc) is 2.96. The van der Waals surface area contributed by atoms with Gasteiger partial charge in [0.1, 0.15) is 17.5 Å². The highest BCUT2D eigenvalue weighted by molar-refractivity contribution is 5.87. The van der Waals surface area contributed by atoms with E-state index < -0.39 is 40.3 Å². The third-order valence-electron chi connectivity index (χ3n) is 5.01. The Morgan fingerprint density at radius 3 is 2.60 bits per heavy atom. The zero-order valence-corrected chi connectivity index (χ0v) is 18.7. The molecule has 0 spiro atoms. The first-order valence-corrected chi connectivity index (χ1v) is 10.6. The van der Waals surface area contributed by atoms with Crippen LogP contribution in [0.5, 0.6) is 5.88 Å². The van der Waals surface area contributed by atoms with Crippen LogP contribution in [0.15, 0.2) is 71.3 Å². The maximum absolute atomic E-state index is 14.4. The molecule has 0 fully saturated rings. The molecule has 0 aliphatic heterocycles. The van der Waals surface area contributed by atoms with Gasteiger partial charge in [-0.05, 0) is 44.2 Å². The molecule has 1 aromatic carbocycles. The van der Waals surface area contributed by atoms with E-state index in [4.69, 9.17) is 4.74 Å². The molecule has 182 valence electrons. The summed E-state index contributed by atoms with van der Waals surface area (Å²) in [5.41, 5.74) is -2.15. The summed E-state index contributed by atoms with van der Waals surface area (Å²) in [5, 5.41) is 2.15. The first-order chi connectivity index (χ1) is 16.5. The van der Waals surface area contributed by atoms with Gasteiger partial charge in [-0.2, -0.15) is 18.2 Å². The Balaban J connectivity index is 2.10. The van der Waals surface area contributed by atoms with Crippen LogP contribution in [-0.4, -0.2) is 15.7 Å². The maximum Gasteiger partial charge on any atom is 0.417 e. The molecular formula is C25H20F5N3O2. The SMILES string of the molecule is CC(C)Oc1cc(C(F)(F)F)c2c(=O)cc(Nc3cccc(F)c3)n(C3=CC(F)=CC=CC3)c2n1. The van der Waals surface area contributed by atoms with Crippen molar-refractivity contribution in [2.75, 3.05) is 5.32 Å². The van der Waals surface area contributed by atoms with Gasteiger partial charge in [-0.15, -0.1) is 0 Å². The topological polar surface area (TPSA) is 56.1 Å². The van der Waals surface area contributed by atoms with Crippen LogP contribution in [0.4, 0.5) is 33.5 Å². The summed E-state index contributed by atoms with van der Waals surface area (Å²) in [6.07, 6.45) is 0.102. The standard InChI is InChI=1S/C25H20F5N3O2/c1-14(2)35-22-12-19(25(28,29)30)23-20(34)13-21(31-17-8-5-7-15(26)10-17)33(24(23)32-22)18-9-4-3-6-16(27)11-18/h3-8,10-14,31H,9H2,1-2H3. The lowest BCUT2D eigenvalue weighted by Gasteiger charge is -2.22. The van der Waals surface area contributed by atoms with E-state index in [0.29, 0.717) is 6.07 Å². The Morgan fingerprint density at radius 1 is 1.14 bits per heavy atom. The highest BCUT2D eigenvalue weighted by atomic mass is 19.4. The number of pyridine rings is 2. The molecule has 3 aromatic rings. The Bertz CT molecular complexity index is 1440. The number of ether oxygens (including phenoxy) is 1. The van der Waals surface area contributed by atoms with Gasteiger partial charge in [0, 0.05) is 29.9 Å². The molecule has 1 aliphatic rings. The number of halogens is 5. The first-order valence-electron chi connectivity index (χ1n) is 10.6. The summed E-state index contributed by atoms with van der Waals surface area (Å²) < 4.78 is 76.9. The van der Waals surface area contributed by atoms with E-state index in [1.807, 2.05) is 0 Å². The number of rotatable bonds is 5. The van der Waals surface area contributed by atoms with E-state index in [9.17, 15) is 26.7 Å². The number of nitrogens with one attached hydrogen (secondary N) is 1. The molecule has 0 atom stereocenters. The second-order valence-electron chi connectivity index (χ2n) is 8.06. The van der Waals surface area contributed by atoms with E-state index in [1.54, 1.807) is 19.9 Å². The summed E-state index contributed by atoms with van der Waals surface area (Å²) >= 11 is 0. The van der Waals surface area contributed by atoms with Crippen LogP contribution < -0.4 is 15.5 Å². The fourth-order valence-corrected chi connectivity index (χ4v) is 3.68. The molecule has 4 rings (SSSR count). The van der Waals surface area contributed by atoms with Gasteiger partial charge >= 0.3 is 6.18 Å². The number of hydrogen-bond donors (Lipinski definition) is 1. The van der Waals surface area contributed by atoms with Crippen molar-refractivity contribution in [3.8, 4) is 5.88 Å². The summed E-state index contributed by atoms with van der Waals surface area (Å²) in [6.45, 7) is 3.24. The van der Waals surface area contributed by atoms with Crippen molar-refractivity contribution in [2.45, 2.75) is 32.5 Å². The molecule has 0 bridgehead atoms. The van der Waals surface area contributed by atoms with Crippen molar-refractivity contribution in [3.05, 3.63) is 88.1 Å². The molecule has 2 aromatic heterocycles. The van der Waals surface area contributed by atoms with Crippen molar-refractivity contribution in [1.29, 1.82) is 0 Å². The quantitative estimate of drug-likeness (QED) is 0.404. The Morgan fingerprint density at radius 2 is 1.91 bits per heavy atom. The Kier molecular flexibility index (Phi) is 6.47. The minimum Gasteiger partial charge on any atom is -0.475 e. The molecule has 2 heterocycles. The fraction of sp³-hybridized carbons (Fsp3) is 0.200. The van der Waals surface area contributed by atoms with Gasteiger partial charge < -0.3 is 10.1 Å². The zero-order valence-electron chi connectivity index (χ0n) is 18.7. The summed E-state index contributed by atoms with van der Waals surface area (Å²) in [6, 6.07) is 6.92. The van der Waals surface area contributed by atoms with Gasteiger partial charge in [-0.25, -0.2) is 8.78 Å². The maximum atomic E-state index is 14.4. The van der Waals surface area contributed by atoms with E-state index in [1.165, 1.54) is 34.9 Å². The van der Waals surface area contributed by atoms with Gasteiger partial charge in [0.05, 0.1) is 17.1 Å². The highest BCUT2D eigenvalue weighted by Crippen LogP contribution is 2.37. The van der Waals surface area contributed by atoms with E-state index in [-0.39, 0.29) is 35.2 Å². The zero-order chi connectivity index (χ0) is 25.3. The van der Waals surface area contributed by atoms with Gasteiger partial charge in [0.2, 0.25) is 5.88 Å². The smallest absolute Gasteiger partial charge is 0.417 e. The van der Waals surface area contributed by atoms with E-state index in [2.05, 4.69) is 10.3 Å². The van der Waals surface area contributed by atoms with Crippen molar-refractivity contribution < 1.29 is 26.7 Å². The molecule has 35 heavy (non-hydrogen) atoms. The molecule has 5 nitrogen and oxygen atoms in total. The van der Waals surface area contributed by atoms with Crippen LogP contribution in [0.3, 0.4) is 0 Å². The van der Waals surface area contributed by atoms with E-state index in [0.717, 1.165) is 18.2 Å². The lowest BCUT2D eigenvalue weighted by atomic mass is 10.1. The van der Waals surface area contributed by atoms with Gasteiger partial charge in [-0.3, -0.25) is 9.36 Å². The van der Waals surface area contributed by atoms with Gasteiger partial charge in [-0.1, -0.05) is 18.2 Å². The van der Waals surface area contributed by atoms with Crippen molar-refractivity contribution in [2.24, 2.45) is 0 Å². The molecule has 10 heteroatoms. The number of nitrogens with zero attached hydrogens (tertiary/aromatic N) is 2. The van der Waals surface area contributed by atoms with Gasteiger partial charge in [0.25, 0.3) is 0 Å². The number of aromatic nitrogens is 2. The Hall–Kier alpha value is -3.95. The monoisotopic (exact) mass is 489 g/mol. The molecular weight excluding hydrogens is 469 g/mol. The largest absolute Gasteiger partial charge is 0.475 e. The number of hydrogen-bond acceptors (Lipinski definition) is 4. The predicted octanol–water partition coefficient (Wildman–Crippen LogP) is 6.74. The number of allylic oxidation sites excluding steroid dienone is 6. The van der Waals surface area contributed by atoms with Crippen LogP contribution >= 0.6 is 0 Å². The van der Waals surface area contributed by atoms with Gasteiger partial charge in [0.15, 0.2) is 11.1 Å². The number of benzene rings is 1. The second kappa shape index (κ2) is 9.36. The molecule has 0 unspecified atom stereocenters. The number of anilines is 2. The minimum atomic E-state index is -4.90. The predicted molar refractivity (Wildman–Crippen MR) is 124 cm³/mol. The third-order valence-corrected chi connectivity index (χ3v) is 5.01. The normalized spacial score (nSPS) is 14.1. The summed E-state index contributed by atoms with van der Waals surface area (Å²) in [7, 11) is 0. The highest BCUT2D eigenvalue weighted by Gasteiger charge is 2.36. The molecule has 0 saturated heterocycles. The molecule has 1 aliphatic carbocycles. The van der Waals surface area contributed by atoms with E-state index >= 15 is 0 Å². The lowest BCUT2D eigenvalue weighted by molar-refractivity contribution is -0.136. The molecule has 0 saturated carbocycles. The summed E-state index contributed by atoms with van der Waals surface area (Å²) in [5.74, 6) is -1.59. The van der Waals surface area contributed by atoms with Crippen LogP contribution in [-0.2, 0) is 6.18 Å². The minimum absolute atomic E-state index is 0.0234. The van der Waals surface area contributed by atoms with Crippen LogP contribution in [0.25, 0.3) is 16.7 Å². The van der Waals surface area contributed by atoms with Crippen molar-refractivity contribution in [1.82, 2.24) is 9.55 Å². The van der Waals surface area contributed by atoms with Crippen molar-refractivity contribution in [3.63, 3.8) is 0 Å². The first kappa shape index (κ1) is 24.2. The summed E-state index contributed by atoms with van der Waals surface area (Å²) in [4.78, 5) is 17.2. The van der Waals surface area contributed by atoms with Crippen molar-refractivity contribution >= 4 is 28.2 Å². The number of fused-ring (bicyclic) bond motifs is 1. The lowest BCUT2D eigenvalue weighted by Crippen LogP contribution is -2.20. The average molecular weight is 489 g/mol. The van der Waals surface area contributed by atoms with Crippen LogP contribution in [0, 0.1) is 5.82 Å². The third kappa shape index (κ3) is 5.26. The molecule has 0 radical (unpaired) electrons. The molecule has 1 N–H and O–H groups in total. The Labute approximate surface area is 196 Å².